The van der Waals surface area contributed by atoms with Gasteiger partial charge in [0.1, 0.15) is 6.04 Å². The van der Waals surface area contributed by atoms with Gasteiger partial charge in [-0.25, -0.2) is 5.43 Å². The third-order valence-electron chi connectivity index (χ3n) is 3.74. The number of hydrogen-bond donors (Lipinski definition) is 2. The average Bonchev–Trinajstić information content (AvgIpc) is 2.58. The number of carbonyl (C=O) groups excluding carboxylic acids is 2. The molecule has 3 rings (SSSR count). The zero-order valence-corrected chi connectivity index (χ0v) is 12.7. The molecule has 23 heavy (non-hydrogen) atoms. The van der Waals surface area contributed by atoms with E-state index in [0.717, 1.165) is 16.8 Å². The van der Waals surface area contributed by atoms with Crippen LogP contribution in [0.5, 0.6) is 0 Å². The first-order valence-electron chi connectivity index (χ1n) is 7.43. The molecule has 2 N–H and O–H groups in total. The molecular weight excluding hydrogens is 290 g/mol. The monoisotopic (exact) mass is 307 g/mol. The summed E-state index contributed by atoms with van der Waals surface area (Å²) < 4.78 is 0. The lowest BCUT2D eigenvalue weighted by Crippen LogP contribution is -2.49. The van der Waals surface area contributed by atoms with Crippen LogP contribution in [0, 0.1) is 6.92 Å². The summed E-state index contributed by atoms with van der Waals surface area (Å²) in [7, 11) is 0. The molecular formula is C18H17N3O2. The molecule has 5 nitrogen and oxygen atoms in total. The molecule has 1 aliphatic rings. The number of hydrazone groups is 1. The summed E-state index contributed by atoms with van der Waals surface area (Å²) in [5.74, 6) is -0.565. The summed E-state index contributed by atoms with van der Waals surface area (Å²) in [5.41, 5.74) is 5.78. The van der Waals surface area contributed by atoms with Crippen molar-refractivity contribution in [3.8, 4) is 0 Å². The molecule has 1 heterocycles. The molecule has 0 spiro atoms. The Balaban J connectivity index is 1.73. The Kier molecular flexibility index (Phi) is 4.19. The Hall–Kier alpha value is -2.95. The second-order valence-corrected chi connectivity index (χ2v) is 5.50. The minimum atomic E-state index is -0.628. The first-order valence-corrected chi connectivity index (χ1v) is 7.43. The van der Waals surface area contributed by atoms with Crippen LogP contribution in [0.15, 0.2) is 59.7 Å². The van der Waals surface area contributed by atoms with Crippen molar-refractivity contribution in [2.75, 3.05) is 0 Å². The Morgan fingerprint density at radius 3 is 2.52 bits per heavy atom. The number of amides is 2. The van der Waals surface area contributed by atoms with E-state index in [4.69, 9.17) is 0 Å². The van der Waals surface area contributed by atoms with Crippen LogP contribution in [0.4, 0.5) is 0 Å². The van der Waals surface area contributed by atoms with Crippen LogP contribution in [0.2, 0.25) is 0 Å². The van der Waals surface area contributed by atoms with E-state index in [9.17, 15) is 9.59 Å². The van der Waals surface area contributed by atoms with Gasteiger partial charge in [0.05, 0.1) is 5.71 Å². The minimum Gasteiger partial charge on any atom is -0.340 e. The molecule has 0 saturated carbocycles. The van der Waals surface area contributed by atoms with Gasteiger partial charge >= 0.3 is 0 Å². The number of hydrogen-bond acceptors (Lipinski definition) is 3. The molecule has 5 heteroatoms. The molecule has 0 fully saturated rings. The Morgan fingerprint density at radius 1 is 1.13 bits per heavy atom. The van der Waals surface area contributed by atoms with E-state index >= 15 is 0 Å². The number of nitrogens with zero attached hydrogens (tertiary/aromatic N) is 1. The Bertz CT molecular complexity index is 752. The normalized spacial score (nSPS) is 17.2. The summed E-state index contributed by atoms with van der Waals surface area (Å²) in [6, 6.07) is 16.2. The van der Waals surface area contributed by atoms with Gasteiger partial charge in [-0.15, -0.1) is 0 Å². The van der Waals surface area contributed by atoms with Crippen molar-refractivity contribution in [2.45, 2.75) is 19.4 Å². The number of benzene rings is 2. The van der Waals surface area contributed by atoms with Gasteiger partial charge in [0.15, 0.2) is 0 Å². The van der Waals surface area contributed by atoms with E-state index in [1.54, 1.807) is 12.1 Å². The van der Waals surface area contributed by atoms with Crippen molar-refractivity contribution >= 4 is 17.5 Å². The van der Waals surface area contributed by atoms with Crippen LogP contribution in [-0.2, 0) is 4.79 Å². The van der Waals surface area contributed by atoms with Gasteiger partial charge in [-0.3, -0.25) is 9.59 Å². The largest absolute Gasteiger partial charge is 0.340 e. The minimum absolute atomic E-state index is 0.264. The van der Waals surface area contributed by atoms with Crippen molar-refractivity contribution < 1.29 is 9.59 Å². The fourth-order valence-corrected chi connectivity index (χ4v) is 2.41. The van der Waals surface area contributed by atoms with Crippen molar-refractivity contribution in [3.63, 3.8) is 0 Å². The van der Waals surface area contributed by atoms with Crippen LogP contribution in [0.25, 0.3) is 0 Å². The lowest BCUT2D eigenvalue weighted by molar-refractivity contribution is -0.123. The van der Waals surface area contributed by atoms with Gasteiger partial charge in [0.25, 0.3) is 11.8 Å². The fraction of sp³-hybridized carbons (Fsp3) is 0.167. The lowest BCUT2D eigenvalue weighted by atomic mass is 10.0. The third kappa shape index (κ3) is 3.45. The highest BCUT2D eigenvalue weighted by atomic mass is 16.2. The highest BCUT2D eigenvalue weighted by molar-refractivity contribution is 6.07. The maximum atomic E-state index is 12.3. The van der Waals surface area contributed by atoms with Gasteiger partial charge in [0, 0.05) is 12.0 Å². The summed E-state index contributed by atoms with van der Waals surface area (Å²) in [4.78, 5) is 24.2. The number of aryl methyl sites for hydroxylation is 1. The zero-order chi connectivity index (χ0) is 16.2. The first-order chi connectivity index (χ1) is 11.1. The van der Waals surface area contributed by atoms with Gasteiger partial charge in [-0.2, -0.15) is 5.10 Å². The van der Waals surface area contributed by atoms with E-state index < -0.39 is 6.04 Å². The summed E-state index contributed by atoms with van der Waals surface area (Å²) in [5, 5.41) is 6.86. The Labute approximate surface area is 134 Å². The van der Waals surface area contributed by atoms with E-state index in [2.05, 4.69) is 15.8 Å². The van der Waals surface area contributed by atoms with Gasteiger partial charge < -0.3 is 5.32 Å². The van der Waals surface area contributed by atoms with Gasteiger partial charge in [0.2, 0.25) is 0 Å². The van der Waals surface area contributed by atoms with E-state index in [1.807, 2.05) is 49.4 Å². The molecule has 2 aromatic rings. The topological polar surface area (TPSA) is 70.6 Å². The summed E-state index contributed by atoms with van der Waals surface area (Å²) in [6.07, 6.45) is 0.369. The molecule has 0 bridgehead atoms. The zero-order valence-electron chi connectivity index (χ0n) is 12.7. The second-order valence-electron chi connectivity index (χ2n) is 5.50. The van der Waals surface area contributed by atoms with Crippen molar-refractivity contribution in [1.82, 2.24) is 10.7 Å². The molecule has 2 aromatic carbocycles. The number of nitrogens with one attached hydrogen (secondary N) is 2. The van der Waals surface area contributed by atoms with Crippen LogP contribution < -0.4 is 10.7 Å². The Morgan fingerprint density at radius 2 is 1.83 bits per heavy atom. The van der Waals surface area contributed by atoms with E-state index in [-0.39, 0.29) is 11.8 Å². The highest BCUT2D eigenvalue weighted by Gasteiger charge is 2.27. The van der Waals surface area contributed by atoms with Crippen molar-refractivity contribution in [2.24, 2.45) is 5.10 Å². The highest BCUT2D eigenvalue weighted by Crippen LogP contribution is 2.11. The SMILES string of the molecule is Cc1ccc(C(=O)NC2CC(c3ccccc3)=NNC2=O)cc1. The lowest BCUT2D eigenvalue weighted by Gasteiger charge is -2.22. The molecule has 0 aromatic heterocycles. The summed E-state index contributed by atoms with van der Waals surface area (Å²) >= 11 is 0. The van der Waals surface area contributed by atoms with E-state index in [0.29, 0.717) is 12.0 Å². The predicted octanol–water partition coefficient (Wildman–Crippen LogP) is 2.02. The molecule has 1 unspecified atom stereocenters. The van der Waals surface area contributed by atoms with Crippen LogP contribution in [0.3, 0.4) is 0 Å². The quantitative estimate of drug-likeness (QED) is 0.910. The van der Waals surface area contributed by atoms with Crippen molar-refractivity contribution in [3.05, 3.63) is 71.3 Å². The first kappa shape index (κ1) is 15.0. The standard InChI is InChI=1S/C18H17N3O2/c1-12-7-9-14(10-8-12)17(22)19-16-11-15(20-21-18(16)23)13-5-3-2-4-6-13/h2-10,16H,11H2,1H3,(H,19,22)(H,21,23). The van der Waals surface area contributed by atoms with Gasteiger partial charge in [-0.1, -0.05) is 48.0 Å². The average molecular weight is 307 g/mol. The summed E-state index contributed by atoms with van der Waals surface area (Å²) in [6.45, 7) is 1.96. The van der Waals surface area contributed by atoms with Crippen molar-refractivity contribution in [1.29, 1.82) is 0 Å². The number of carbonyl (C=O) groups is 2. The predicted molar refractivity (Wildman–Crippen MR) is 88.2 cm³/mol. The van der Waals surface area contributed by atoms with Crippen LogP contribution in [-0.4, -0.2) is 23.6 Å². The molecule has 0 saturated heterocycles. The maximum absolute atomic E-state index is 12.3. The molecule has 0 aliphatic carbocycles. The molecule has 1 aliphatic heterocycles. The second kappa shape index (κ2) is 6.44. The number of rotatable bonds is 3. The van der Waals surface area contributed by atoms with E-state index in [1.165, 1.54) is 0 Å². The smallest absolute Gasteiger partial charge is 0.263 e. The third-order valence-corrected chi connectivity index (χ3v) is 3.74. The van der Waals surface area contributed by atoms with Gasteiger partial charge in [-0.05, 0) is 24.6 Å². The molecule has 2 amide bonds. The molecule has 1 atom stereocenters. The fourth-order valence-electron chi connectivity index (χ4n) is 2.41. The molecule has 116 valence electrons. The maximum Gasteiger partial charge on any atom is 0.263 e. The van der Waals surface area contributed by atoms with Crippen LogP contribution in [0.1, 0.15) is 27.9 Å². The van der Waals surface area contributed by atoms with Crippen LogP contribution >= 0.6 is 0 Å². The molecule has 0 radical (unpaired) electrons.